The van der Waals surface area contributed by atoms with Gasteiger partial charge in [0.25, 0.3) is 0 Å². The highest BCUT2D eigenvalue weighted by atomic mass is 19.1. The third-order valence-corrected chi connectivity index (χ3v) is 7.88. The molecule has 0 bridgehead atoms. The number of aliphatic carboxylic acids is 1. The highest BCUT2D eigenvalue weighted by Crippen LogP contribution is 2.47. The quantitative estimate of drug-likeness (QED) is 0.356. The molecule has 0 aromatic heterocycles. The van der Waals surface area contributed by atoms with E-state index in [9.17, 15) is 23.9 Å². The predicted molar refractivity (Wildman–Crippen MR) is 149 cm³/mol. The van der Waals surface area contributed by atoms with Gasteiger partial charge in [-0.25, -0.2) is 4.39 Å². The number of nitrogens with zero attached hydrogens (tertiary/aromatic N) is 1. The van der Waals surface area contributed by atoms with Gasteiger partial charge in [-0.1, -0.05) is 32.0 Å². The fourth-order valence-electron chi connectivity index (χ4n) is 5.92. The number of rotatable bonds is 9. The third-order valence-electron chi connectivity index (χ3n) is 7.88. The highest BCUT2D eigenvalue weighted by Gasteiger charge is 2.48. The van der Waals surface area contributed by atoms with E-state index in [1.807, 2.05) is 24.8 Å². The summed E-state index contributed by atoms with van der Waals surface area (Å²) in [6.45, 7) is 4.05. The number of nitrogens with one attached hydrogen (secondary N) is 1. The molecular formula is C31H32FN3O6. The van der Waals surface area contributed by atoms with Gasteiger partial charge in [-0.2, -0.15) is 0 Å². The first-order valence-electron chi connectivity index (χ1n) is 13.6. The van der Waals surface area contributed by atoms with Gasteiger partial charge in [-0.05, 0) is 71.5 Å². The summed E-state index contributed by atoms with van der Waals surface area (Å²) in [6.07, 6.45) is 1.07. The Labute approximate surface area is 237 Å². The Kier molecular flexibility index (Phi) is 7.94. The standard InChI is InChI=1S/C31H32FN3O6/c1-3-17-11-22(32)12-18(4-2)28(17)34-26(36)15-35-14-23(21-9-10-24-25(13-21)41-16-40-24)27(31(38)39)29(35)19-5-7-20(8-6-19)30(33)37/h5-13,23,27,29H,3-4,14-16H2,1-2H3,(H2,33,37)(H,34,36)(H,38,39)/t23-,27-,29+/m1/s1. The van der Waals surface area contributed by atoms with Crippen molar-refractivity contribution in [2.45, 2.75) is 38.6 Å². The van der Waals surface area contributed by atoms with Gasteiger partial charge >= 0.3 is 5.97 Å². The first-order chi connectivity index (χ1) is 19.7. The number of likely N-dealkylation sites (tertiary alicyclic amines) is 1. The number of carbonyl (C=O) groups excluding carboxylic acids is 2. The zero-order chi connectivity index (χ0) is 29.3. The fourth-order valence-corrected chi connectivity index (χ4v) is 5.92. The summed E-state index contributed by atoms with van der Waals surface area (Å²) in [5, 5.41) is 13.4. The number of hydrogen-bond acceptors (Lipinski definition) is 6. The molecule has 1 saturated heterocycles. The number of carboxylic acid groups (broad SMARTS) is 1. The van der Waals surface area contributed by atoms with Crippen LogP contribution in [0, 0.1) is 11.7 Å². The van der Waals surface area contributed by atoms with Gasteiger partial charge in [0.2, 0.25) is 18.6 Å². The number of benzene rings is 3. The Morgan fingerprint density at radius 3 is 2.22 bits per heavy atom. The molecule has 0 saturated carbocycles. The molecule has 3 aromatic carbocycles. The van der Waals surface area contributed by atoms with Crippen molar-refractivity contribution >= 4 is 23.5 Å². The molecule has 5 rings (SSSR count). The number of ether oxygens (including phenoxy) is 2. The summed E-state index contributed by atoms with van der Waals surface area (Å²) in [5.74, 6) is -2.55. The molecule has 4 N–H and O–H groups in total. The van der Waals surface area contributed by atoms with E-state index in [0.29, 0.717) is 52.3 Å². The third kappa shape index (κ3) is 5.60. The van der Waals surface area contributed by atoms with Crippen LogP contribution in [0.1, 0.15) is 58.4 Å². The number of halogens is 1. The number of fused-ring (bicyclic) bond motifs is 1. The lowest BCUT2D eigenvalue weighted by molar-refractivity contribution is -0.143. The Balaban J connectivity index is 1.50. The summed E-state index contributed by atoms with van der Waals surface area (Å²) in [6, 6.07) is 14.0. The van der Waals surface area contributed by atoms with E-state index in [1.54, 1.807) is 36.4 Å². The molecule has 2 aliphatic rings. The van der Waals surface area contributed by atoms with Gasteiger partial charge in [0.15, 0.2) is 11.5 Å². The zero-order valence-corrected chi connectivity index (χ0v) is 22.9. The molecule has 3 aromatic rings. The molecule has 9 nitrogen and oxygen atoms in total. The van der Waals surface area contributed by atoms with Crippen molar-refractivity contribution in [3.05, 3.63) is 88.2 Å². The summed E-state index contributed by atoms with van der Waals surface area (Å²) in [7, 11) is 0. The maximum Gasteiger partial charge on any atom is 0.309 e. The summed E-state index contributed by atoms with van der Waals surface area (Å²) >= 11 is 0. The van der Waals surface area contributed by atoms with Crippen LogP contribution in [-0.2, 0) is 22.4 Å². The normalized spacial score (nSPS) is 19.7. The van der Waals surface area contributed by atoms with Gasteiger partial charge in [-0.3, -0.25) is 19.3 Å². The SMILES string of the molecule is CCc1cc(F)cc(CC)c1NC(=O)CN1C[C@H](c2ccc3c(c2)OCO3)[C@@H](C(=O)O)[C@@H]1c1ccc(C(N)=O)cc1. The van der Waals surface area contributed by atoms with Gasteiger partial charge in [-0.15, -0.1) is 0 Å². The average molecular weight is 562 g/mol. The molecular weight excluding hydrogens is 529 g/mol. The van der Waals surface area contributed by atoms with Crippen molar-refractivity contribution in [3.8, 4) is 11.5 Å². The van der Waals surface area contributed by atoms with E-state index in [1.165, 1.54) is 12.1 Å². The molecule has 41 heavy (non-hydrogen) atoms. The highest BCUT2D eigenvalue weighted by molar-refractivity contribution is 5.94. The van der Waals surface area contributed by atoms with Crippen LogP contribution >= 0.6 is 0 Å². The minimum atomic E-state index is -1.01. The number of nitrogens with two attached hydrogens (primary N) is 1. The van der Waals surface area contributed by atoms with Crippen LogP contribution in [0.3, 0.4) is 0 Å². The van der Waals surface area contributed by atoms with Gasteiger partial charge in [0.1, 0.15) is 5.82 Å². The smallest absolute Gasteiger partial charge is 0.309 e. The lowest BCUT2D eigenvalue weighted by atomic mass is 9.82. The average Bonchev–Trinajstić information content (AvgIpc) is 3.58. The number of hydrogen-bond donors (Lipinski definition) is 3. The lowest BCUT2D eigenvalue weighted by Gasteiger charge is -2.27. The topological polar surface area (TPSA) is 131 Å². The molecule has 2 amide bonds. The lowest BCUT2D eigenvalue weighted by Crippen LogP contribution is -2.35. The molecule has 3 atom stereocenters. The number of carbonyl (C=O) groups is 3. The Hall–Kier alpha value is -4.44. The summed E-state index contributed by atoms with van der Waals surface area (Å²) in [4.78, 5) is 39.8. The molecule has 0 spiro atoms. The summed E-state index contributed by atoms with van der Waals surface area (Å²) in [5.41, 5.74) is 9.08. The van der Waals surface area contributed by atoms with Crippen LogP contribution in [-0.4, -0.2) is 47.7 Å². The maximum absolute atomic E-state index is 14.1. The van der Waals surface area contributed by atoms with Crippen molar-refractivity contribution in [1.29, 1.82) is 0 Å². The van der Waals surface area contributed by atoms with E-state index in [-0.39, 0.29) is 31.6 Å². The number of carboxylic acids is 1. The fraction of sp³-hybridized carbons (Fsp3) is 0.323. The number of aryl methyl sites for hydroxylation is 2. The number of primary amides is 1. The number of amides is 2. The van der Waals surface area contributed by atoms with Crippen molar-refractivity contribution in [2.75, 3.05) is 25.2 Å². The molecule has 1 fully saturated rings. The molecule has 0 aliphatic carbocycles. The molecule has 10 heteroatoms. The van der Waals surface area contributed by atoms with Crippen molar-refractivity contribution < 1.29 is 33.4 Å². The van der Waals surface area contributed by atoms with Crippen molar-refractivity contribution in [2.24, 2.45) is 11.7 Å². The van der Waals surface area contributed by atoms with Crippen LogP contribution < -0.4 is 20.5 Å². The summed E-state index contributed by atoms with van der Waals surface area (Å²) < 4.78 is 25.1. The molecule has 0 radical (unpaired) electrons. The minimum absolute atomic E-state index is 0.0931. The van der Waals surface area contributed by atoms with E-state index in [0.717, 1.165) is 5.56 Å². The van der Waals surface area contributed by atoms with Crippen LogP contribution in [0.4, 0.5) is 10.1 Å². The molecule has 2 aliphatic heterocycles. The van der Waals surface area contributed by atoms with Crippen LogP contribution in [0.2, 0.25) is 0 Å². The monoisotopic (exact) mass is 561 g/mol. The van der Waals surface area contributed by atoms with Crippen molar-refractivity contribution in [1.82, 2.24) is 4.90 Å². The molecule has 2 heterocycles. The Morgan fingerprint density at radius 1 is 0.976 bits per heavy atom. The zero-order valence-electron chi connectivity index (χ0n) is 22.9. The van der Waals surface area contributed by atoms with E-state index in [2.05, 4.69) is 5.32 Å². The minimum Gasteiger partial charge on any atom is -0.481 e. The van der Waals surface area contributed by atoms with E-state index < -0.39 is 29.8 Å². The van der Waals surface area contributed by atoms with Crippen LogP contribution in [0.15, 0.2) is 54.6 Å². The van der Waals surface area contributed by atoms with E-state index >= 15 is 0 Å². The first-order valence-corrected chi connectivity index (χ1v) is 13.6. The second kappa shape index (κ2) is 11.6. The second-order valence-electron chi connectivity index (χ2n) is 10.3. The predicted octanol–water partition coefficient (Wildman–Crippen LogP) is 4.26. The number of anilines is 1. The second-order valence-corrected chi connectivity index (χ2v) is 10.3. The largest absolute Gasteiger partial charge is 0.481 e. The maximum atomic E-state index is 14.1. The van der Waals surface area contributed by atoms with Crippen LogP contribution in [0.5, 0.6) is 11.5 Å². The Bertz CT molecular complexity index is 1470. The van der Waals surface area contributed by atoms with Gasteiger partial charge in [0.05, 0.1) is 12.5 Å². The van der Waals surface area contributed by atoms with Crippen molar-refractivity contribution in [3.63, 3.8) is 0 Å². The Morgan fingerprint density at radius 2 is 1.61 bits per heavy atom. The van der Waals surface area contributed by atoms with E-state index in [4.69, 9.17) is 15.2 Å². The molecule has 214 valence electrons. The first kappa shape index (κ1) is 28.1. The van der Waals surface area contributed by atoms with Crippen LogP contribution in [0.25, 0.3) is 0 Å². The van der Waals surface area contributed by atoms with Gasteiger partial charge in [0, 0.05) is 29.8 Å². The van der Waals surface area contributed by atoms with Gasteiger partial charge < -0.3 is 25.6 Å². The molecule has 0 unspecified atom stereocenters.